The molecule has 0 saturated heterocycles. The van der Waals surface area contributed by atoms with E-state index in [9.17, 15) is 39.3 Å². The van der Waals surface area contributed by atoms with Crippen molar-refractivity contribution in [2.75, 3.05) is 7.11 Å². The third-order valence-electron chi connectivity index (χ3n) is 10.3. The molecule has 280 valence electrons. The number of aromatic hydroxyl groups is 1. The van der Waals surface area contributed by atoms with E-state index >= 15 is 0 Å². The molecule has 0 aliphatic heterocycles. The van der Waals surface area contributed by atoms with Crippen molar-refractivity contribution in [1.82, 2.24) is 0 Å². The molecule has 3 aromatic rings. The fourth-order valence-electron chi connectivity index (χ4n) is 6.71. The second-order valence-electron chi connectivity index (χ2n) is 13.3. The molecular weight excluding hydrogens is 684 g/mol. The Morgan fingerprint density at radius 2 is 1.15 bits per heavy atom. The molecule has 3 N–H and O–H groups in total. The molecule has 3 aromatic carbocycles. The van der Waals surface area contributed by atoms with Gasteiger partial charge >= 0.3 is 23.9 Å². The highest BCUT2D eigenvalue weighted by molar-refractivity contribution is 6.06. The van der Waals surface area contributed by atoms with E-state index in [1.165, 1.54) is 20.1 Å². The lowest BCUT2D eigenvalue weighted by atomic mass is 9.87. The van der Waals surface area contributed by atoms with Gasteiger partial charge in [-0.15, -0.1) is 0 Å². The van der Waals surface area contributed by atoms with E-state index in [2.05, 4.69) is 0 Å². The summed E-state index contributed by atoms with van der Waals surface area (Å²) in [6.45, 7) is 17.8. The normalized spacial score (nSPS) is 15.4. The van der Waals surface area contributed by atoms with Crippen molar-refractivity contribution in [3.63, 3.8) is 0 Å². The van der Waals surface area contributed by atoms with Gasteiger partial charge in [-0.25, -0.2) is 19.2 Å². The first kappa shape index (κ1) is 40.0. The number of carboxylic acids is 1. The molecule has 0 aromatic heterocycles. The van der Waals surface area contributed by atoms with Crippen molar-refractivity contribution in [2.45, 2.75) is 88.2 Å². The number of phenols is 1. The van der Waals surface area contributed by atoms with E-state index < -0.39 is 41.0 Å². The molecule has 0 spiro atoms. The van der Waals surface area contributed by atoms with Crippen molar-refractivity contribution < 1.29 is 58.2 Å². The summed E-state index contributed by atoms with van der Waals surface area (Å²) in [6, 6.07) is 1.46. The zero-order chi connectivity index (χ0) is 40.0. The number of aryl methyl sites for hydroxylation is 1. The number of carbonyl (C=O) groups is 5. The molecule has 53 heavy (non-hydrogen) atoms. The monoisotopic (exact) mass is 728 g/mol. The number of benzene rings is 3. The average Bonchev–Trinajstić information content (AvgIpc) is 3.08. The maximum Gasteiger partial charge on any atom is 0.356 e. The predicted octanol–water partition coefficient (Wildman–Crippen LogP) is 6.56. The Labute approximate surface area is 307 Å². The summed E-state index contributed by atoms with van der Waals surface area (Å²) in [5.74, 6) is -4.67. The van der Waals surface area contributed by atoms with Crippen LogP contribution in [0.3, 0.4) is 0 Å². The Morgan fingerprint density at radius 3 is 1.62 bits per heavy atom. The van der Waals surface area contributed by atoms with Gasteiger partial charge in [-0.1, -0.05) is 6.92 Å². The van der Waals surface area contributed by atoms with E-state index in [0.717, 1.165) is 12.2 Å². The van der Waals surface area contributed by atoms with Crippen molar-refractivity contribution in [3.05, 3.63) is 102 Å². The van der Waals surface area contributed by atoms with Crippen molar-refractivity contribution >= 4 is 29.7 Å². The lowest BCUT2D eigenvalue weighted by molar-refractivity contribution is -0.151. The zero-order valence-corrected chi connectivity index (χ0v) is 32.0. The predicted molar refractivity (Wildman–Crippen MR) is 194 cm³/mol. The van der Waals surface area contributed by atoms with Crippen LogP contribution in [0, 0.1) is 62.3 Å². The Bertz CT molecular complexity index is 2140. The SMILES string of the molecule is CCc1c(OC(=O)c2c(C)c(C)c(OC(=O)[C@@]3(O)C(C)=CC(=O)C=C3OC)c(C)c2C)cc(C)c(C(=O)Oc2c(C)c(C)c(C(=O)O)c(C)c2C)c1O. The largest absolute Gasteiger partial charge is 0.507 e. The number of aromatic carboxylic acids is 1. The fraction of sp³-hybridized carbons (Fsp3) is 0.341. The molecule has 0 bridgehead atoms. The van der Waals surface area contributed by atoms with Crippen LogP contribution < -0.4 is 14.2 Å². The average molecular weight is 729 g/mol. The van der Waals surface area contributed by atoms with Crippen LogP contribution in [0.15, 0.2) is 29.6 Å². The number of allylic oxidation sites excluding steroid dienone is 2. The molecule has 0 radical (unpaired) electrons. The lowest BCUT2D eigenvalue weighted by Crippen LogP contribution is -2.47. The van der Waals surface area contributed by atoms with Gasteiger partial charge in [0.1, 0.15) is 34.3 Å². The van der Waals surface area contributed by atoms with Crippen LogP contribution in [0.25, 0.3) is 0 Å². The number of ether oxygens (including phenoxy) is 4. The third kappa shape index (κ3) is 6.70. The van der Waals surface area contributed by atoms with Gasteiger partial charge in [0, 0.05) is 11.6 Å². The Kier molecular flexibility index (Phi) is 11.1. The van der Waals surface area contributed by atoms with Gasteiger partial charge in [0.05, 0.1) is 18.2 Å². The highest BCUT2D eigenvalue weighted by Crippen LogP contribution is 2.40. The lowest BCUT2D eigenvalue weighted by Gasteiger charge is -2.31. The number of methoxy groups -OCH3 is 1. The molecule has 12 heteroatoms. The first-order valence-electron chi connectivity index (χ1n) is 16.8. The number of hydrogen-bond donors (Lipinski definition) is 3. The van der Waals surface area contributed by atoms with Crippen LogP contribution in [-0.4, -0.2) is 57.7 Å². The minimum Gasteiger partial charge on any atom is -0.507 e. The van der Waals surface area contributed by atoms with Gasteiger partial charge in [0.15, 0.2) is 5.78 Å². The molecule has 1 aliphatic carbocycles. The first-order chi connectivity index (χ1) is 24.6. The smallest absolute Gasteiger partial charge is 0.356 e. The first-order valence-corrected chi connectivity index (χ1v) is 16.8. The second-order valence-corrected chi connectivity index (χ2v) is 13.3. The zero-order valence-electron chi connectivity index (χ0n) is 32.0. The van der Waals surface area contributed by atoms with Gasteiger partial charge in [-0.05, 0) is 143 Å². The van der Waals surface area contributed by atoms with Gasteiger partial charge < -0.3 is 34.3 Å². The number of rotatable bonds is 9. The van der Waals surface area contributed by atoms with E-state index in [4.69, 9.17) is 18.9 Å². The molecule has 0 amide bonds. The van der Waals surface area contributed by atoms with Crippen molar-refractivity contribution in [1.29, 1.82) is 0 Å². The van der Waals surface area contributed by atoms with Crippen molar-refractivity contribution in [2.24, 2.45) is 0 Å². The van der Waals surface area contributed by atoms with Crippen LogP contribution in [0.5, 0.6) is 23.0 Å². The van der Waals surface area contributed by atoms with E-state index in [0.29, 0.717) is 44.5 Å². The third-order valence-corrected chi connectivity index (χ3v) is 10.3. The minimum atomic E-state index is -2.35. The number of phenolic OH excluding ortho intramolecular Hbond substituents is 1. The molecule has 0 unspecified atom stereocenters. The minimum absolute atomic E-state index is 0.0187. The Morgan fingerprint density at radius 1 is 0.679 bits per heavy atom. The number of carboxylic acid groups (broad SMARTS) is 1. The number of esters is 3. The van der Waals surface area contributed by atoms with Crippen LogP contribution in [0.1, 0.15) is 101 Å². The van der Waals surface area contributed by atoms with Crippen LogP contribution in [0.2, 0.25) is 0 Å². The van der Waals surface area contributed by atoms with Crippen LogP contribution >= 0.6 is 0 Å². The summed E-state index contributed by atoms with van der Waals surface area (Å²) >= 11 is 0. The Balaban J connectivity index is 1.69. The summed E-state index contributed by atoms with van der Waals surface area (Å²) < 4.78 is 22.6. The molecule has 1 atom stereocenters. The van der Waals surface area contributed by atoms with E-state index in [1.54, 1.807) is 69.2 Å². The van der Waals surface area contributed by atoms with Gasteiger partial charge in [-0.3, -0.25) is 4.79 Å². The van der Waals surface area contributed by atoms with Crippen LogP contribution in [0.4, 0.5) is 0 Å². The maximum absolute atomic E-state index is 13.9. The number of carbonyl (C=O) groups excluding carboxylic acids is 4. The van der Waals surface area contributed by atoms with E-state index in [-0.39, 0.29) is 62.8 Å². The Hall–Kier alpha value is -5.75. The number of ketones is 1. The molecule has 0 saturated carbocycles. The summed E-state index contributed by atoms with van der Waals surface area (Å²) in [4.78, 5) is 64.8. The van der Waals surface area contributed by atoms with Gasteiger partial charge in [0.25, 0.3) is 0 Å². The molecule has 1 aliphatic rings. The highest BCUT2D eigenvalue weighted by Gasteiger charge is 2.48. The standard InChI is InChI=1S/C41H44O12/c1-13-28-29(14-17(2)31(34(28)43)38(46)52-35-23(8)19(4)32(37(44)45)20(5)24(35)9)51-39(47)33-21(6)25(10)36(26(11)22(33)7)53-40(48)41(49)18(3)15-27(42)16-30(41)50-12/h14-16,43,49H,13H2,1-12H3,(H,44,45)/t41-/m1/s1. The molecule has 12 nitrogen and oxygen atoms in total. The molecular formula is C41H44O12. The van der Waals surface area contributed by atoms with E-state index in [1.807, 2.05) is 0 Å². The molecule has 4 rings (SSSR count). The quantitative estimate of drug-likeness (QED) is 0.160. The summed E-state index contributed by atoms with van der Waals surface area (Å²) in [5.41, 5.74) is 1.79. The summed E-state index contributed by atoms with van der Waals surface area (Å²) in [5, 5.41) is 32.4. The van der Waals surface area contributed by atoms with Gasteiger partial charge in [0.2, 0.25) is 5.60 Å². The highest BCUT2D eigenvalue weighted by atomic mass is 16.6. The summed E-state index contributed by atoms with van der Waals surface area (Å²) in [6.07, 6.45) is 2.29. The fourth-order valence-corrected chi connectivity index (χ4v) is 6.71. The topological polar surface area (TPSA) is 183 Å². The van der Waals surface area contributed by atoms with Gasteiger partial charge in [-0.2, -0.15) is 0 Å². The molecule has 0 heterocycles. The maximum atomic E-state index is 13.9. The molecule has 0 fully saturated rings. The number of hydrogen-bond acceptors (Lipinski definition) is 11. The van der Waals surface area contributed by atoms with Crippen molar-refractivity contribution in [3.8, 4) is 23.0 Å². The second kappa shape index (κ2) is 14.7. The summed E-state index contributed by atoms with van der Waals surface area (Å²) in [7, 11) is 1.22. The number of aliphatic hydroxyl groups is 1. The van der Waals surface area contributed by atoms with Crippen LogP contribution in [-0.2, 0) is 20.7 Å².